The van der Waals surface area contributed by atoms with Gasteiger partial charge in [0.25, 0.3) is 5.91 Å². The maximum atomic E-state index is 12.4. The summed E-state index contributed by atoms with van der Waals surface area (Å²) in [5, 5.41) is 0.418. The second kappa shape index (κ2) is 5.48. The van der Waals surface area contributed by atoms with Crippen LogP contribution in [0.2, 0.25) is 5.02 Å². The highest BCUT2D eigenvalue weighted by Gasteiger charge is 2.23. The lowest BCUT2D eigenvalue weighted by Crippen LogP contribution is -2.38. The number of nitrogens with zero attached hydrogens (tertiary/aromatic N) is 2. The Balaban J connectivity index is 2.21. The summed E-state index contributed by atoms with van der Waals surface area (Å²) in [5.74, 6) is -0.265. The molecule has 0 spiro atoms. The first-order chi connectivity index (χ1) is 8.97. The summed E-state index contributed by atoms with van der Waals surface area (Å²) < 4.78 is 0. The molecule has 1 aromatic carbocycles. The van der Waals surface area contributed by atoms with Gasteiger partial charge in [-0.1, -0.05) is 11.6 Å². The molecule has 2 rings (SSSR count). The molecular weight excluding hydrogens is 266 g/mol. The molecule has 0 unspecified atom stereocenters. The Kier molecular flexibility index (Phi) is 3.95. The van der Waals surface area contributed by atoms with Crippen molar-refractivity contribution in [1.82, 2.24) is 9.80 Å². The summed E-state index contributed by atoms with van der Waals surface area (Å²) in [6.45, 7) is 1.32. The molecule has 0 atom stereocenters. The standard InChI is InChI=1S/C13H16ClN3O2/c1-16-3-2-4-17(8-12(16)18)13(19)9-5-10(14)7-11(15)6-9/h5-7H,2-4,8,15H2,1H3. The van der Waals surface area contributed by atoms with Crippen LogP contribution in [0.5, 0.6) is 0 Å². The molecule has 1 aliphatic rings. The van der Waals surface area contributed by atoms with Gasteiger partial charge in [-0.2, -0.15) is 0 Å². The molecule has 6 heteroatoms. The minimum absolute atomic E-state index is 0.0548. The van der Waals surface area contributed by atoms with Crippen molar-refractivity contribution in [2.45, 2.75) is 6.42 Å². The summed E-state index contributed by atoms with van der Waals surface area (Å²) in [4.78, 5) is 27.3. The Morgan fingerprint density at radius 3 is 2.74 bits per heavy atom. The van der Waals surface area contributed by atoms with E-state index in [0.717, 1.165) is 6.42 Å². The van der Waals surface area contributed by atoms with Crippen LogP contribution >= 0.6 is 11.6 Å². The smallest absolute Gasteiger partial charge is 0.254 e. The average Bonchev–Trinajstić information content (AvgIpc) is 2.50. The maximum absolute atomic E-state index is 12.4. The fourth-order valence-corrected chi connectivity index (χ4v) is 2.32. The number of rotatable bonds is 1. The van der Waals surface area contributed by atoms with Crippen LogP contribution in [0.4, 0.5) is 5.69 Å². The first kappa shape index (κ1) is 13.7. The number of hydrogen-bond acceptors (Lipinski definition) is 3. The third-order valence-electron chi connectivity index (χ3n) is 3.13. The van der Waals surface area contributed by atoms with Crippen molar-refractivity contribution < 1.29 is 9.59 Å². The monoisotopic (exact) mass is 281 g/mol. The Morgan fingerprint density at radius 1 is 1.32 bits per heavy atom. The minimum atomic E-state index is -0.210. The molecule has 1 aliphatic heterocycles. The third kappa shape index (κ3) is 3.17. The van der Waals surface area contributed by atoms with E-state index in [-0.39, 0.29) is 18.4 Å². The number of anilines is 1. The van der Waals surface area contributed by atoms with Gasteiger partial charge in [0.1, 0.15) is 6.54 Å². The van der Waals surface area contributed by atoms with Crippen molar-refractivity contribution in [2.75, 3.05) is 32.4 Å². The molecule has 1 saturated heterocycles. The van der Waals surface area contributed by atoms with Gasteiger partial charge in [0.05, 0.1) is 0 Å². The Morgan fingerprint density at radius 2 is 2.05 bits per heavy atom. The Bertz CT molecular complexity index is 498. The van der Waals surface area contributed by atoms with E-state index in [1.54, 1.807) is 30.1 Å². The number of amides is 2. The number of nitrogen functional groups attached to an aromatic ring is 1. The van der Waals surface area contributed by atoms with Gasteiger partial charge < -0.3 is 15.5 Å². The average molecular weight is 282 g/mol. The highest BCUT2D eigenvalue weighted by atomic mass is 35.5. The van der Waals surface area contributed by atoms with Gasteiger partial charge in [-0.25, -0.2) is 0 Å². The number of hydrogen-bond donors (Lipinski definition) is 1. The van der Waals surface area contributed by atoms with Gasteiger partial charge in [0.2, 0.25) is 5.91 Å². The molecule has 1 heterocycles. The lowest BCUT2D eigenvalue weighted by molar-refractivity contribution is -0.129. The number of likely N-dealkylation sites (N-methyl/N-ethyl adjacent to an activating group) is 1. The topological polar surface area (TPSA) is 66.6 Å². The quantitative estimate of drug-likeness (QED) is 0.787. The van der Waals surface area contributed by atoms with Crippen LogP contribution < -0.4 is 5.73 Å². The maximum Gasteiger partial charge on any atom is 0.254 e. The molecule has 1 fully saturated rings. The summed E-state index contributed by atoms with van der Waals surface area (Å²) in [6.07, 6.45) is 0.768. The summed E-state index contributed by atoms with van der Waals surface area (Å²) >= 11 is 5.89. The van der Waals surface area contributed by atoms with Gasteiger partial charge in [0.15, 0.2) is 0 Å². The molecule has 0 radical (unpaired) electrons. The molecule has 102 valence electrons. The molecule has 0 saturated carbocycles. The largest absolute Gasteiger partial charge is 0.399 e. The van der Waals surface area contributed by atoms with Crippen molar-refractivity contribution in [3.8, 4) is 0 Å². The summed E-state index contributed by atoms with van der Waals surface area (Å²) in [5.41, 5.74) is 6.53. The zero-order valence-corrected chi connectivity index (χ0v) is 11.5. The van der Waals surface area contributed by atoms with Crippen LogP contribution in [0.25, 0.3) is 0 Å². The third-order valence-corrected chi connectivity index (χ3v) is 3.35. The fourth-order valence-electron chi connectivity index (χ4n) is 2.08. The number of nitrogens with two attached hydrogens (primary N) is 1. The molecule has 2 amide bonds. The van der Waals surface area contributed by atoms with Gasteiger partial charge >= 0.3 is 0 Å². The van der Waals surface area contributed by atoms with Crippen molar-refractivity contribution in [2.24, 2.45) is 0 Å². The van der Waals surface area contributed by atoms with Crippen LogP contribution in [0.15, 0.2) is 18.2 Å². The van der Waals surface area contributed by atoms with E-state index in [0.29, 0.717) is 29.4 Å². The van der Waals surface area contributed by atoms with E-state index in [1.165, 1.54) is 4.90 Å². The zero-order chi connectivity index (χ0) is 14.0. The van der Waals surface area contributed by atoms with E-state index in [1.807, 2.05) is 0 Å². The summed E-state index contributed by atoms with van der Waals surface area (Å²) in [6, 6.07) is 4.73. The minimum Gasteiger partial charge on any atom is -0.399 e. The van der Waals surface area contributed by atoms with Gasteiger partial charge in [0, 0.05) is 36.4 Å². The van der Waals surface area contributed by atoms with Crippen LogP contribution in [-0.2, 0) is 4.79 Å². The highest BCUT2D eigenvalue weighted by Crippen LogP contribution is 2.18. The number of benzene rings is 1. The first-order valence-corrected chi connectivity index (χ1v) is 6.44. The SMILES string of the molecule is CN1CCCN(C(=O)c2cc(N)cc(Cl)c2)CC1=O. The van der Waals surface area contributed by atoms with E-state index < -0.39 is 0 Å². The van der Waals surface area contributed by atoms with E-state index >= 15 is 0 Å². The highest BCUT2D eigenvalue weighted by molar-refractivity contribution is 6.31. The normalized spacial score (nSPS) is 16.4. The van der Waals surface area contributed by atoms with Gasteiger partial charge in [-0.15, -0.1) is 0 Å². The molecule has 2 N–H and O–H groups in total. The van der Waals surface area contributed by atoms with Gasteiger partial charge in [-0.05, 0) is 24.6 Å². The van der Waals surface area contributed by atoms with Crippen LogP contribution in [0, 0.1) is 0 Å². The molecule has 5 nitrogen and oxygen atoms in total. The summed E-state index contributed by atoms with van der Waals surface area (Å²) in [7, 11) is 1.74. The van der Waals surface area contributed by atoms with Crippen LogP contribution in [-0.4, -0.2) is 48.3 Å². The molecule has 0 aliphatic carbocycles. The number of carbonyl (C=O) groups is 2. The molecular formula is C13H16ClN3O2. The lowest BCUT2D eigenvalue weighted by atomic mass is 10.1. The lowest BCUT2D eigenvalue weighted by Gasteiger charge is -2.20. The van der Waals surface area contributed by atoms with Crippen molar-refractivity contribution >= 4 is 29.1 Å². The van der Waals surface area contributed by atoms with Crippen LogP contribution in [0.3, 0.4) is 0 Å². The van der Waals surface area contributed by atoms with E-state index in [9.17, 15) is 9.59 Å². The van der Waals surface area contributed by atoms with E-state index in [2.05, 4.69) is 0 Å². The molecule has 1 aromatic rings. The second-order valence-electron chi connectivity index (χ2n) is 4.67. The fraction of sp³-hybridized carbons (Fsp3) is 0.385. The second-order valence-corrected chi connectivity index (χ2v) is 5.11. The van der Waals surface area contributed by atoms with Gasteiger partial charge in [-0.3, -0.25) is 9.59 Å². The molecule has 0 aromatic heterocycles. The number of halogens is 1. The van der Waals surface area contributed by atoms with Crippen LogP contribution in [0.1, 0.15) is 16.8 Å². The van der Waals surface area contributed by atoms with Crippen molar-refractivity contribution in [1.29, 1.82) is 0 Å². The Labute approximate surface area is 116 Å². The first-order valence-electron chi connectivity index (χ1n) is 6.06. The predicted molar refractivity (Wildman–Crippen MR) is 74.0 cm³/mol. The number of carbonyl (C=O) groups excluding carboxylic acids is 2. The van der Waals surface area contributed by atoms with Crippen molar-refractivity contribution in [3.05, 3.63) is 28.8 Å². The molecule has 19 heavy (non-hydrogen) atoms. The molecule has 0 bridgehead atoms. The predicted octanol–water partition coefficient (Wildman–Crippen LogP) is 1.23. The zero-order valence-electron chi connectivity index (χ0n) is 10.7. The Hall–Kier alpha value is -1.75. The van der Waals surface area contributed by atoms with Crippen molar-refractivity contribution in [3.63, 3.8) is 0 Å². The van der Waals surface area contributed by atoms with E-state index in [4.69, 9.17) is 17.3 Å².